The van der Waals surface area contributed by atoms with Gasteiger partial charge in [-0.25, -0.2) is 4.98 Å². The van der Waals surface area contributed by atoms with Gasteiger partial charge in [0.25, 0.3) is 0 Å². The van der Waals surface area contributed by atoms with Crippen LogP contribution in [0.25, 0.3) is 0 Å². The van der Waals surface area contributed by atoms with E-state index in [9.17, 15) is 0 Å². The third-order valence-corrected chi connectivity index (χ3v) is 2.97. The number of aromatic nitrogens is 1. The average molecular weight is 249 g/mol. The van der Waals surface area contributed by atoms with E-state index in [1.165, 1.54) is 5.56 Å². The van der Waals surface area contributed by atoms with Crippen LogP contribution in [-0.4, -0.2) is 4.98 Å². The first-order valence-corrected chi connectivity index (χ1v) is 4.90. The van der Waals surface area contributed by atoms with Crippen LogP contribution in [-0.2, 0) is 5.41 Å². The first kappa shape index (κ1) is 10.0. The molecule has 0 bridgehead atoms. The molecule has 1 aromatic heterocycles. The van der Waals surface area contributed by atoms with Crippen molar-refractivity contribution in [1.82, 2.24) is 4.98 Å². The minimum absolute atomic E-state index is 0.103. The minimum Gasteiger partial charge on any atom is -0.243 e. The molecule has 3 heteroatoms. The molecule has 66 valence electrons. The lowest BCUT2D eigenvalue weighted by Gasteiger charge is -2.20. The van der Waals surface area contributed by atoms with Crippen molar-refractivity contribution in [3.8, 4) is 0 Å². The fourth-order valence-electron chi connectivity index (χ4n) is 0.997. The Morgan fingerprint density at radius 1 is 1.42 bits per heavy atom. The van der Waals surface area contributed by atoms with Crippen LogP contribution in [0.1, 0.15) is 26.3 Å². The fourth-order valence-corrected chi connectivity index (χ4v) is 1.98. The zero-order chi connectivity index (χ0) is 9.35. The summed E-state index contributed by atoms with van der Waals surface area (Å²) in [7, 11) is 0. The number of nitrogens with zero attached hydrogens (tertiary/aromatic N) is 1. The lowest BCUT2D eigenvalue weighted by molar-refractivity contribution is 0.586. The highest BCUT2D eigenvalue weighted by Gasteiger charge is 2.18. The van der Waals surface area contributed by atoms with Crippen molar-refractivity contribution in [3.05, 3.63) is 27.5 Å². The highest BCUT2D eigenvalue weighted by molar-refractivity contribution is 9.10. The maximum Gasteiger partial charge on any atom is 0.143 e. The van der Waals surface area contributed by atoms with Crippen molar-refractivity contribution in [1.29, 1.82) is 0 Å². The first-order valence-electron chi connectivity index (χ1n) is 3.73. The van der Waals surface area contributed by atoms with E-state index >= 15 is 0 Å². The third-order valence-electron chi connectivity index (χ3n) is 1.65. The van der Waals surface area contributed by atoms with Crippen LogP contribution >= 0.6 is 27.5 Å². The molecule has 0 fully saturated rings. The Morgan fingerprint density at radius 2 is 2.00 bits per heavy atom. The summed E-state index contributed by atoms with van der Waals surface area (Å²) in [6, 6.07) is 1.98. The van der Waals surface area contributed by atoms with E-state index in [4.69, 9.17) is 11.6 Å². The Bertz CT molecular complexity index is 291. The number of hydrogen-bond acceptors (Lipinski definition) is 1. The van der Waals surface area contributed by atoms with Gasteiger partial charge in [0.05, 0.1) is 4.47 Å². The van der Waals surface area contributed by atoms with Crippen LogP contribution in [0.3, 0.4) is 0 Å². The van der Waals surface area contributed by atoms with Gasteiger partial charge in [-0.05, 0) is 33.0 Å². The number of halogens is 2. The van der Waals surface area contributed by atoms with Gasteiger partial charge >= 0.3 is 0 Å². The summed E-state index contributed by atoms with van der Waals surface area (Å²) < 4.78 is 0.902. The van der Waals surface area contributed by atoms with Crippen molar-refractivity contribution < 1.29 is 0 Å². The minimum atomic E-state index is 0.103. The van der Waals surface area contributed by atoms with Crippen LogP contribution in [0.4, 0.5) is 0 Å². The maximum absolute atomic E-state index is 5.86. The Kier molecular flexibility index (Phi) is 2.79. The van der Waals surface area contributed by atoms with Gasteiger partial charge < -0.3 is 0 Å². The van der Waals surface area contributed by atoms with Gasteiger partial charge in [-0.15, -0.1) is 0 Å². The van der Waals surface area contributed by atoms with E-state index < -0.39 is 0 Å². The predicted molar refractivity (Wildman–Crippen MR) is 55.6 cm³/mol. The van der Waals surface area contributed by atoms with Crippen molar-refractivity contribution in [2.75, 3.05) is 0 Å². The Balaban J connectivity index is 3.26. The standard InChI is InChI=1S/C9H11BrClN/c1-9(2,3)6-4-5-12-8(11)7(6)10/h4-5H,1-3H3. The zero-order valence-corrected chi connectivity index (χ0v) is 9.70. The Morgan fingerprint density at radius 3 is 2.42 bits per heavy atom. The van der Waals surface area contributed by atoms with E-state index in [1.807, 2.05) is 6.07 Å². The molecule has 0 radical (unpaired) electrons. The first-order chi connectivity index (χ1) is 5.43. The molecule has 0 aliphatic rings. The number of rotatable bonds is 0. The molecule has 1 heterocycles. The topological polar surface area (TPSA) is 12.9 Å². The fraction of sp³-hybridized carbons (Fsp3) is 0.444. The SMILES string of the molecule is CC(C)(C)c1ccnc(Cl)c1Br. The molecule has 1 aromatic rings. The quantitative estimate of drug-likeness (QED) is 0.637. The summed E-state index contributed by atoms with van der Waals surface area (Å²) >= 11 is 9.28. The number of pyridine rings is 1. The second kappa shape index (κ2) is 3.35. The highest BCUT2D eigenvalue weighted by Crippen LogP contribution is 2.32. The predicted octanol–water partition coefficient (Wildman–Crippen LogP) is 3.80. The zero-order valence-electron chi connectivity index (χ0n) is 7.36. The summed E-state index contributed by atoms with van der Waals surface area (Å²) in [5.41, 5.74) is 1.29. The molecular formula is C9H11BrClN. The van der Waals surface area contributed by atoms with Crippen LogP contribution in [0.15, 0.2) is 16.7 Å². The molecule has 0 saturated heterocycles. The monoisotopic (exact) mass is 247 g/mol. The molecule has 0 unspecified atom stereocenters. The number of hydrogen-bond donors (Lipinski definition) is 0. The third kappa shape index (κ3) is 1.99. The second-order valence-corrected chi connectivity index (χ2v) is 4.86. The van der Waals surface area contributed by atoms with Gasteiger partial charge in [-0.1, -0.05) is 32.4 Å². The van der Waals surface area contributed by atoms with Crippen molar-refractivity contribution >= 4 is 27.5 Å². The molecule has 0 N–H and O–H groups in total. The maximum atomic E-state index is 5.86. The van der Waals surface area contributed by atoms with Gasteiger partial charge in [0.2, 0.25) is 0 Å². The van der Waals surface area contributed by atoms with E-state index in [0.717, 1.165) is 4.47 Å². The molecule has 0 spiro atoms. The summed E-state index contributed by atoms with van der Waals surface area (Å²) in [5.74, 6) is 0. The van der Waals surface area contributed by atoms with E-state index in [2.05, 4.69) is 41.7 Å². The summed E-state index contributed by atoms with van der Waals surface area (Å²) in [5, 5.41) is 0.530. The summed E-state index contributed by atoms with van der Waals surface area (Å²) in [6.45, 7) is 6.43. The van der Waals surface area contributed by atoms with E-state index in [-0.39, 0.29) is 5.41 Å². The smallest absolute Gasteiger partial charge is 0.143 e. The molecular weight excluding hydrogens is 237 g/mol. The molecule has 0 aromatic carbocycles. The van der Waals surface area contributed by atoms with Crippen LogP contribution < -0.4 is 0 Å². The molecule has 0 aliphatic carbocycles. The lowest BCUT2D eigenvalue weighted by Crippen LogP contribution is -2.12. The van der Waals surface area contributed by atoms with Gasteiger partial charge in [-0.2, -0.15) is 0 Å². The summed E-state index contributed by atoms with van der Waals surface area (Å²) in [4.78, 5) is 3.97. The van der Waals surface area contributed by atoms with Crippen LogP contribution in [0.5, 0.6) is 0 Å². The molecule has 1 nitrogen and oxygen atoms in total. The van der Waals surface area contributed by atoms with Crippen molar-refractivity contribution in [3.63, 3.8) is 0 Å². The van der Waals surface area contributed by atoms with Crippen molar-refractivity contribution in [2.45, 2.75) is 26.2 Å². The van der Waals surface area contributed by atoms with Gasteiger partial charge in [-0.3, -0.25) is 0 Å². The Hall–Kier alpha value is -0.0800. The normalized spacial score (nSPS) is 11.8. The Labute approximate surface area is 86.3 Å². The van der Waals surface area contributed by atoms with Gasteiger partial charge in [0.1, 0.15) is 5.15 Å². The largest absolute Gasteiger partial charge is 0.243 e. The molecule has 0 atom stereocenters. The molecule has 0 amide bonds. The average Bonchev–Trinajstić information content (AvgIpc) is 1.92. The molecule has 0 aliphatic heterocycles. The molecule has 1 rings (SSSR count). The molecule has 0 saturated carbocycles. The van der Waals surface area contributed by atoms with E-state index in [0.29, 0.717) is 5.15 Å². The van der Waals surface area contributed by atoms with Crippen LogP contribution in [0.2, 0.25) is 5.15 Å². The van der Waals surface area contributed by atoms with Crippen LogP contribution in [0, 0.1) is 0 Å². The van der Waals surface area contributed by atoms with Gasteiger partial charge in [0.15, 0.2) is 0 Å². The van der Waals surface area contributed by atoms with Crippen molar-refractivity contribution in [2.24, 2.45) is 0 Å². The molecule has 12 heavy (non-hydrogen) atoms. The highest BCUT2D eigenvalue weighted by atomic mass is 79.9. The lowest BCUT2D eigenvalue weighted by atomic mass is 9.88. The van der Waals surface area contributed by atoms with Gasteiger partial charge in [0, 0.05) is 6.20 Å². The van der Waals surface area contributed by atoms with E-state index in [1.54, 1.807) is 6.20 Å². The second-order valence-electron chi connectivity index (χ2n) is 3.71. The summed E-state index contributed by atoms with van der Waals surface area (Å²) in [6.07, 6.45) is 1.73.